The zero-order valence-corrected chi connectivity index (χ0v) is 18.4. The third-order valence-corrected chi connectivity index (χ3v) is 6.20. The molecule has 0 aromatic carbocycles. The van der Waals surface area contributed by atoms with E-state index >= 15 is 0 Å². The molecule has 3 atom stereocenters. The van der Waals surface area contributed by atoms with E-state index in [0.717, 1.165) is 55.3 Å². The van der Waals surface area contributed by atoms with Gasteiger partial charge in [-0.25, -0.2) is 9.67 Å². The molecule has 3 unspecified atom stereocenters. The fourth-order valence-corrected chi connectivity index (χ4v) is 4.63. The van der Waals surface area contributed by atoms with Gasteiger partial charge in [0.05, 0.1) is 6.54 Å². The predicted molar refractivity (Wildman–Crippen MR) is 115 cm³/mol. The number of guanidine groups is 1. The minimum atomic E-state index is 0. The Kier molecular flexibility index (Phi) is 6.80. The molecule has 0 amide bonds. The summed E-state index contributed by atoms with van der Waals surface area (Å²) in [6.07, 6.45) is 11.5. The number of hydrogen-bond donors (Lipinski definition) is 2. The van der Waals surface area contributed by atoms with Gasteiger partial charge in [0.2, 0.25) is 0 Å². The predicted octanol–water partition coefficient (Wildman–Crippen LogP) is 2.91. The zero-order chi connectivity index (χ0) is 17.2. The Balaban J connectivity index is 0.00000196. The maximum atomic E-state index is 4.60. The normalized spacial score (nSPS) is 28.8. The van der Waals surface area contributed by atoms with Crippen molar-refractivity contribution in [1.29, 1.82) is 0 Å². The molecule has 0 saturated heterocycles. The second-order valence-electron chi connectivity index (χ2n) is 7.98. The van der Waals surface area contributed by atoms with Crippen LogP contribution in [0.15, 0.2) is 4.99 Å². The van der Waals surface area contributed by atoms with Crippen molar-refractivity contribution >= 4 is 29.9 Å². The van der Waals surface area contributed by atoms with Crippen molar-refractivity contribution in [2.75, 3.05) is 7.05 Å². The van der Waals surface area contributed by atoms with E-state index in [2.05, 4.69) is 37.3 Å². The van der Waals surface area contributed by atoms with Crippen LogP contribution < -0.4 is 10.6 Å². The molecule has 0 spiro atoms. The number of aromatic nitrogens is 3. The average molecular weight is 472 g/mol. The molecule has 146 valence electrons. The summed E-state index contributed by atoms with van der Waals surface area (Å²) in [7, 11) is 1.88. The summed E-state index contributed by atoms with van der Waals surface area (Å²) in [5.74, 6) is 4.89. The second-order valence-corrected chi connectivity index (χ2v) is 7.98. The van der Waals surface area contributed by atoms with E-state index in [4.69, 9.17) is 0 Å². The fourth-order valence-electron chi connectivity index (χ4n) is 4.63. The number of rotatable bonds is 4. The molecule has 2 N–H and O–H groups in total. The monoisotopic (exact) mass is 472 g/mol. The number of hydrogen-bond acceptors (Lipinski definition) is 3. The van der Waals surface area contributed by atoms with Crippen molar-refractivity contribution in [3.05, 3.63) is 11.6 Å². The minimum absolute atomic E-state index is 0. The minimum Gasteiger partial charge on any atom is -0.353 e. The van der Waals surface area contributed by atoms with Gasteiger partial charge in [-0.2, -0.15) is 5.10 Å². The second kappa shape index (κ2) is 8.89. The highest BCUT2D eigenvalue weighted by atomic mass is 127. The molecule has 7 heteroatoms. The van der Waals surface area contributed by atoms with Crippen LogP contribution >= 0.6 is 24.0 Å². The van der Waals surface area contributed by atoms with E-state index in [1.165, 1.54) is 38.5 Å². The molecule has 26 heavy (non-hydrogen) atoms. The lowest BCUT2D eigenvalue weighted by molar-refractivity contribution is 0.315. The van der Waals surface area contributed by atoms with Crippen molar-refractivity contribution in [1.82, 2.24) is 25.4 Å². The first kappa shape index (κ1) is 19.9. The number of aliphatic imine (C=N–C) groups is 1. The summed E-state index contributed by atoms with van der Waals surface area (Å²) >= 11 is 0. The summed E-state index contributed by atoms with van der Waals surface area (Å²) in [6.45, 7) is 3.00. The van der Waals surface area contributed by atoms with Gasteiger partial charge in [-0.05, 0) is 24.7 Å². The molecular formula is C19H33IN6. The van der Waals surface area contributed by atoms with Gasteiger partial charge in [0.25, 0.3) is 0 Å². The topological polar surface area (TPSA) is 67.1 Å². The molecule has 1 aromatic heterocycles. The van der Waals surface area contributed by atoms with Crippen LogP contribution in [0.1, 0.15) is 63.5 Å². The average Bonchev–Trinajstić information content (AvgIpc) is 3.29. The first-order chi connectivity index (χ1) is 12.3. The molecule has 6 nitrogen and oxygen atoms in total. The standard InChI is InChI=1S/C19H32N6.HI/c1-3-17-23-18-10-9-14(12-25(18)24-17)21-19(20-2)22-16-11-15(16)13-7-5-4-6-8-13;/h13-16H,3-12H2,1-2H3,(H2,20,21,22);1H. The summed E-state index contributed by atoms with van der Waals surface area (Å²) in [6, 6.07) is 1.02. The SMILES string of the molecule is CCc1nc2n(n1)CC(NC(=NC)NC1CC1C1CCCCC1)CC2.I. The number of halogens is 1. The Morgan fingerprint density at radius 2 is 2.00 bits per heavy atom. The Bertz CT molecular complexity index is 622. The Labute approximate surface area is 174 Å². The zero-order valence-electron chi connectivity index (χ0n) is 16.1. The molecule has 2 heterocycles. The quantitative estimate of drug-likeness (QED) is 0.402. The highest BCUT2D eigenvalue weighted by Crippen LogP contribution is 2.44. The van der Waals surface area contributed by atoms with Crippen LogP contribution in [0.3, 0.4) is 0 Å². The van der Waals surface area contributed by atoms with Crippen molar-refractivity contribution in [3.8, 4) is 0 Å². The largest absolute Gasteiger partial charge is 0.353 e. The van der Waals surface area contributed by atoms with Gasteiger partial charge >= 0.3 is 0 Å². The van der Waals surface area contributed by atoms with Crippen molar-refractivity contribution in [3.63, 3.8) is 0 Å². The number of nitrogens with one attached hydrogen (secondary N) is 2. The van der Waals surface area contributed by atoms with Crippen molar-refractivity contribution in [2.45, 2.75) is 83.3 Å². The van der Waals surface area contributed by atoms with Crippen LogP contribution in [0.4, 0.5) is 0 Å². The summed E-state index contributed by atoms with van der Waals surface area (Å²) < 4.78 is 2.08. The third-order valence-electron chi connectivity index (χ3n) is 6.20. The molecule has 2 fully saturated rings. The van der Waals surface area contributed by atoms with E-state index < -0.39 is 0 Å². The molecule has 2 aliphatic carbocycles. The Morgan fingerprint density at radius 3 is 2.73 bits per heavy atom. The third kappa shape index (κ3) is 4.51. The Morgan fingerprint density at radius 1 is 1.19 bits per heavy atom. The molecule has 3 aliphatic rings. The lowest BCUT2D eigenvalue weighted by atomic mass is 9.85. The van der Waals surface area contributed by atoms with Crippen LogP contribution in [-0.4, -0.2) is 39.9 Å². The fraction of sp³-hybridized carbons (Fsp3) is 0.842. The molecule has 2 saturated carbocycles. The van der Waals surface area contributed by atoms with E-state index in [0.29, 0.717) is 12.1 Å². The van der Waals surface area contributed by atoms with Crippen LogP contribution in [0.2, 0.25) is 0 Å². The molecule has 1 aliphatic heterocycles. The van der Waals surface area contributed by atoms with E-state index in [9.17, 15) is 0 Å². The summed E-state index contributed by atoms with van der Waals surface area (Å²) in [5, 5.41) is 11.9. The lowest BCUT2D eigenvalue weighted by Gasteiger charge is -2.26. The number of fused-ring (bicyclic) bond motifs is 1. The van der Waals surface area contributed by atoms with E-state index in [1.807, 2.05) is 7.05 Å². The Hall–Kier alpha value is -0.860. The van der Waals surface area contributed by atoms with Gasteiger partial charge in [-0.15, -0.1) is 24.0 Å². The number of nitrogens with zero attached hydrogens (tertiary/aromatic N) is 4. The van der Waals surface area contributed by atoms with Gasteiger partial charge in [0, 0.05) is 32.0 Å². The number of aryl methyl sites for hydroxylation is 2. The smallest absolute Gasteiger partial charge is 0.191 e. The molecule has 0 bridgehead atoms. The molecule has 1 aromatic rings. The maximum Gasteiger partial charge on any atom is 0.191 e. The lowest BCUT2D eigenvalue weighted by Crippen LogP contribution is -2.48. The van der Waals surface area contributed by atoms with Gasteiger partial charge in [-0.1, -0.05) is 39.0 Å². The summed E-state index contributed by atoms with van der Waals surface area (Å²) in [5.41, 5.74) is 0. The van der Waals surface area contributed by atoms with Crippen LogP contribution in [0.25, 0.3) is 0 Å². The van der Waals surface area contributed by atoms with Crippen LogP contribution in [-0.2, 0) is 19.4 Å². The van der Waals surface area contributed by atoms with Crippen LogP contribution in [0, 0.1) is 11.8 Å². The highest BCUT2D eigenvalue weighted by Gasteiger charge is 2.43. The van der Waals surface area contributed by atoms with Gasteiger partial charge < -0.3 is 10.6 Å². The molecule has 0 radical (unpaired) electrons. The molecular weight excluding hydrogens is 439 g/mol. The van der Waals surface area contributed by atoms with E-state index in [1.54, 1.807) is 0 Å². The van der Waals surface area contributed by atoms with E-state index in [-0.39, 0.29) is 24.0 Å². The maximum absolute atomic E-state index is 4.60. The van der Waals surface area contributed by atoms with Crippen molar-refractivity contribution in [2.24, 2.45) is 16.8 Å². The van der Waals surface area contributed by atoms with Crippen LogP contribution in [0.5, 0.6) is 0 Å². The highest BCUT2D eigenvalue weighted by molar-refractivity contribution is 14.0. The first-order valence-electron chi connectivity index (χ1n) is 10.2. The first-order valence-corrected chi connectivity index (χ1v) is 10.2. The summed E-state index contributed by atoms with van der Waals surface area (Å²) in [4.78, 5) is 9.07. The van der Waals surface area contributed by atoms with Gasteiger partial charge in [0.1, 0.15) is 5.82 Å². The molecule has 4 rings (SSSR count). The van der Waals surface area contributed by atoms with Crippen molar-refractivity contribution < 1.29 is 0 Å². The van der Waals surface area contributed by atoms with Gasteiger partial charge in [-0.3, -0.25) is 4.99 Å². The van der Waals surface area contributed by atoms with Gasteiger partial charge in [0.15, 0.2) is 11.8 Å².